The van der Waals surface area contributed by atoms with Crippen molar-refractivity contribution in [2.24, 2.45) is 0 Å². The molecule has 9 heteroatoms. The van der Waals surface area contributed by atoms with Crippen LogP contribution in [0.3, 0.4) is 0 Å². The summed E-state index contributed by atoms with van der Waals surface area (Å²) in [6, 6.07) is 3.63. The topological polar surface area (TPSA) is 75.5 Å². The van der Waals surface area contributed by atoms with Crippen molar-refractivity contribution in [2.45, 2.75) is 31.5 Å². The number of benzene rings is 1. The number of carbonyl (C=O) groups excluding carboxylic acids is 1. The van der Waals surface area contributed by atoms with Gasteiger partial charge in [-0.3, -0.25) is 20.3 Å². The standard InChI is InChI=1S/C13H14F3N3O3/c14-13(15,16)11(18-8-7-12(20)17-18)6-3-9-1-4-10(5-2-9)19(21)22/h1-2,4-5,11H,3,6-8H2,(H,17,20)/t11-/m0/s1. The van der Waals surface area contributed by atoms with Crippen LogP contribution in [-0.4, -0.2) is 34.6 Å². The monoisotopic (exact) mass is 317 g/mol. The Bertz CT molecular complexity index is 560. The molecule has 0 radical (unpaired) electrons. The van der Waals surface area contributed by atoms with Crippen molar-refractivity contribution >= 4 is 11.6 Å². The van der Waals surface area contributed by atoms with Gasteiger partial charge in [-0.05, 0) is 18.4 Å². The van der Waals surface area contributed by atoms with Gasteiger partial charge in [-0.2, -0.15) is 13.2 Å². The zero-order valence-electron chi connectivity index (χ0n) is 11.5. The lowest BCUT2D eigenvalue weighted by Crippen LogP contribution is -2.50. The van der Waals surface area contributed by atoms with Crippen LogP contribution in [0.2, 0.25) is 0 Å². The predicted molar refractivity (Wildman–Crippen MR) is 70.7 cm³/mol. The highest BCUT2D eigenvalue weighted by Gasteiger charge is 2.45. The van der Waals surface area contributed by atoms with Gasteiger partial charge in [0.2, 0.25) is 5.91 Å². The summed E-state index contributed by atoms with van der Waals surface area (Å²) in [5.41, 5.74) is 2.67. The maximum atomic E-state index is 13.1. The third-order valence-corrected chi connectivity index (χ3v) is 3.46. The second kappa shape index (κ2) is 6.30. The molecule has 1 atom stereocenters. The van der Waals surface area contributed by atoms with Crippen LogP contribution in [-0.2, 0) is 11.2 Å². The van der Waals surface area contributed by atoms with E-state index in [9.17, 15) is 28.1 Å². The number of hydrogen-bond acceptors (Lipinski definition) is 4. The van der Waals surface area contributed by atoms with Crippen LogP contribution in [0.25, 0.3) is 0 Å². The Morgan fingerprint density at radius 1 is 1.32 bits per heavy atom. The molecule has 0 saturated carbocycles. The van der Waals surface area contributed by atoms with E-state index in [1.54, 1.807) is 0 Å². The highest BCUT2D eigenvalue weighted by atomic mass is 19.4. The fourth-order valence-corrected chi connectivity index (χ4v) is 2.31. The van der Waals surface area contributed by atoms with Gasteiger partial charge in [-0.1, -0.05) is 12.1 Å². The van der Waals surface area contributed by atoms with Gasteiger partial charge < -0.3 is 0 Å². The summed E-state index contributed by atoms with van der Waals surface area (Å²) < 4.78 is 39.3. The number of nitro groups is 1. The molecule has 0 unspecified atom stereocenters. The van der Waals surface area contributed by atoms with Gasteiger partial charge in [0.1, 0.15) is 6.04 Å². The molecule has 0 spiro atoms. The Labute approximate surface area is 124 Å². The van der Waals surface area contributed by atoms with Crippen LogP contribution in [0.1, 0.15) is 18.4 Å². The molecule has 1 N–H and O–H groups in total. The molecule has 6 nitrogen and oxygen atoms in total. The first kappa shape index (κ1) is 16.2. The maximum absolute atomic E-state index is 13.1. The Balaban J connectivity index is 2.02. The minimum atomic E-state index is -4.46. The third kappa shape index (κ3) is 3.94. The average Bonchev–Trinajstić information content (AvgIpc) is 2.84. The minimum absolute atomic E-state index is 0.0171. The van der Waals surface area contributed by atoms with E-state index < -0.39 is 23.0 Å². The molecule has 0 aromatic heterocycles. The first-order valence-electron chi connectivity index (χ1n) is 6.63. The molecule has 22 heavy (non-hydrogen) atoms. The molecular weight excluding hydrogens is 303 g/mol. The molecule has 0 aliphatic carbocycles. The largest absolute Gasteiger partial charge is 0.405 e. The Kier molecular flexibility index (Phi) is 4.65. The summed E-state index contributed by atoms with van der Waals surface area (Å²) in [6.07, 6.45) is -4.54. The molecule has 1 aromatic carbocycles. The first-order chi connectivity index (χ1) is 10.3. The van der Waals surface area contributed by atoms with E-state index in [1.165, 1.54) is 24.3 Å². The van der Waals surface area contributed by atoms with Crippen molar-refractivity contribution < 1.29 is 22.9 Å². The lowest BCUT2D eigenvalue weighted by atomic mass is 10.0. The predicted octanol–water partition coefficient (Wildman–Crippen LogP) is 2.20. The molecule has 1 amide bonds. The van der Waals surface area contributed by atoms with Crippen molar-refractivity contribution in [3.63, 3.8) is 0 Å². The van der Waals surface area contributed by atoms with E-state index in [2.05, 4.69) is 5.43 Å². The van der Waals surface area contributed by atoms with Crippen LogP contribution in [0, 0.1) is 10.1 Å². The van der Waals surface area contributed by atoms with Crippen molar-refractivity contribution in [2.75, 3.05) is 6.54 Å². The van der Waals surface area contributed by atoms with Gasteiger partial charge in [0.25, 0.3) is 5.69 Å². The summed E-state index contributed by atoms with van der Waals surface area (Å²) in [7, 11) is 0. The van der Waals surface area contributed by atoms with E-state index in [1.807, 2.05) is 0 Å². The van der Waals surface area contributed by atoms with Gasteiger partial charge >= 0.3 is 6.18 Å². The lowest BCUT2D eigenvalue weighted by Gasteiger charge is -2.28. The van der Waals surface area contributed by atoms with Crippen molar-refractivity contribution in [1.82, 2.24) is 10.4 Å². The molecule has 2 rings (SSSR count). The lowest BCUT2D eigenvalue weighted by molar-refractivity contribution is -0.384. The number of amides is 1. The van der Waals surface area contributed by atoms with Gasteiger partial charge in [0.15, 0.2) is 0 Å². The van der Waals surface area contributed by atoms with Crippen molar-refractivity contribution in [3.05, 3.63) is 39.9 Å². The Hall–Kier alpha value is -2.16. The van der Waals surface area contributed by atoms with Gasteiger partial charge in [0, 0.05) is 25.1 Å². The van der Waals surface area contributed by atoms with Crippen molar-refractivity contribution in [3.8, 4) is 0 Å². The number of aryl methyl sites for hydroxylation is 1. The number of non-ortho nitro benzene ring substituents is 1. The second-order valence-electron chi connectivity index (χ2n) is 5.00. The average molecular weight is 317 g/mol. The molecule has 1 aliphatic heterocycles. The molecule has 120 valence electrons. The van der Waals surface area contributed by atoms with Crippen LogP contribution < -0.4 is 5.43 Å². The Morgan fingerprint density at radius 2 is 1.95 bits per heavy atom. The summed E-state index contributed by atoms with van der Waals surface area (Å²) in [5.74, 6) is -0.426. The van der Waals surface area contributed by atoms with Gasteiger partial charge in [-0.25, -0.2) is 5.01 Å². The number of nitrogens with zero attached hydrogens (tertiary/aromatic N) is 2. The van der Waals surface area contributed by atoms with E-state index in [0.29, 0.717) is 5.56 Å². The Morgan fingerprint density at radius 3 is 2.41 bits per heavy atom. The number of halogens is 3. The van der Waals surface area contributed by atoms with Crippen LogP contribution in [0.5, 0.6) is 0 Å². The zero-order valence-corrected chi connectivity index (χ0v) is 11.5. The van der Waals surface area contributed by atoms with Crippen LogP contribution in [0.4, 0.5) is 18.9 Å². The summed E-state index contributed by atoms with van der Waals surface area (Å²) in [5, 5.41) is 11.4. The zero-order chi connectivity index (χ0) is 16.3. The summed E-state index contributed by atoms with van der Waals surface area (Å²) in [6.45, 7) is 0.0171. The van der Waals surface area contributed by atoms with Crippen molar-refractivity contribution in [1.29, 1.82) is 0 Å². The minimum Gasteiger partial charge on any atom is -0.288 e. The number of nitro benzene ring substituents is 1. The SMILES string of the molecule is O=C1CCN([C@@H](CCc2ccc([N+](=O)[O-])cc2)C(F)(F)F)N1. The summed E-state index contributed by atoms with van der Waals surface area (Å²) in [4.78, 5) is 21.0. The van der Waals surface area contributed by atoms with E-state index in [-0.39, 0.29) is 31.5 Å². The van der Waals surface area contributed by atoms with Crippen LogP contribution >= 0.6 is 0 Å². The smallest absolute Gasteiger partial charge is 0.288 e. The highest BCUT2D eigenvalue weighted by molar-refractivity contribution is 5.77. The maximum Gasteiger partial charge on any atom is 0.405 e. The number of carbonyl (C=O) groups is 1. The summed E-state index contributed by atoms with van der Waals surface area (Å²) >= 11 is 0. The first-order valence-corrected chi connectivity index (χ1v) is 6.63. The van der Waals surface area contributed by atoms with Crippen LogP contribution in [0.15, 0.2) is 24.3 Å². The van der Waals surface area contributed by atoms with E-state index in [4.69, 9.17) is 0 Å². The molecule has 1 aliphatic rings. The number of hydrogen-bond donors (Lipinski definition) is 1. The molecule has 1 heterocycles. The fraction of sp³-hybridized carbons (Fsp3) is 0.462. The third-order valence-electron chi connectivity index (χ3n) is 3.46. The second-order valence-corrected chi connectivity index (χ2v) is 5.00. The number of alkyl halides is 3. The number of nitrogens with one attached hydrogen (secondary N) is 1. The van der Waals surface area contributed by atoms with E-state index >= 15 is 0 Å². The quantitative estimate of drug-likeness (QED) is 0.667. The van der Waals surface area contributed by atoms with Gasteiger partial charge in [0.05, 0.1) is 4.92 Å². The molecular formula is C13H14F3N3O3. The van der Waals surface area contributed by atoms with E-state index in [0.717, 1.165) is 5.01 Å². The molecule has 0 bridgehead atoms. The van der Waals surface area contributed by atoms with Gasteiger partial charge in [-0.15, -0.1) is 0 Å². The normalized spacial score (nSPS) is 17.3. The molecule has 1 fully saturated rings. The number of rotatable bonds is 5. The molecule has 1 saturated heterocycles. The highest BCUT2D eigenvalue weighted by Crippen LogP contribution is 2.29. The fourth-order valence-electron chi connectivity index (χ4n) is 2.31. The molecule has 1 aromatic rings. The number of hydrazine groups is 1.